The van der Waals surface area contributed by atoms with E-state index in [1.807, 2.05) is 6.92 Å². The van der Waals surface area contributed by atoms with E-state index in [1.165, 1.54) is 6.92 Å². The molecule has 0 unspecified atom stereocenters. The van der Waals surface area contributed by atoms with Crippen LogP contribution in [0.25, 0.3) is 0 Å². The van der Waals surface area contributed by atoms with Crippen LogP contribution in [0.15, 0.2) is 0 Å². The van der Waals surface area contributed by atoms with Crippen molar-refractivity contribution in [3.8, 4) is 0 Å². The zero-order chi connectivity index (χ0) is 11.9. The van der Waals surface area contributed by atoms with Gasteiger partial charge in [0.05, 0.1) is 11.5 Å². The number of rotatable bonds is 8. The Hall–Kier alpha value is -0.140. The minimum absolute atomic E-state index is 0.119. The zero-order valence-corrected chi connectivity index (χ0v) is 10.8. The summed E-state index contributed by atoms with van der Waals surface area (Å²) in [5, 5.41) is 0. The number of hydrogen-bond acceptors (Lipinski definition) is 4. The molecule has 0 saturated carbocycles. The minimum Gasteiger partial charge on any atom is -0.211 e. The first-order valence-electron chi connectivity index (χ1n) is 5.07. The Labute approximate surface area is 92.4 Å². The second-order valence-electron chi connectivity index (χ2n) is 3.37. The first kappa shape index (κ1) is 14.9. The molecule has 0 radical (unpaired) electrons. The molecule has 0 aromatic heterocycles. The van der Waals surface area contributed by atoms with Crippen molar-refractivity contribution < 1.29 is 16.8 Å². The highest BCUT2D eigenvalue weighted by atomic mass is 32.3. The SMILES string of the molecule is CCCCCCS(=O)(=O)NS(=O)(=O)CC. The van der Waals surface area contributed by atoms with E-state index in [4.69, 9.17) is 0 Å². The lowest BCUT2D eigenvalue weighted by atomic mass is 10.2. The van der Waals surface area contributed by atoms with Crippen LogP contribution in [0.5, 0.6) is 0 Å². The molecule has 0 fully saturated rings. The Balaban J connectivity index is 4.10. The summed E-state index contributed by atoms with van der Waals surface area (Å²) in [6.07, 6.45) is 3.29. The van der Waals surface area contributed by atoms with E-state index in [-0.39, 0.29) is 11.5 Å². The maximum atomic E-state index is 11.3. The average molecular weight is 257 g/mol. The maximum Gasteiger partial charge on any atom is 0.224 e. The van der Waals surface area contributed by atoms with Gasteiger partial charge in [-0.15, -0.1) is 4.13 Å². The Kier molecular flexibility index (Phi) is 6.38. The van der Waals surface area contributed by atoms with E-state index in [9.17, 15) is 16.8 Å². The van der Waals surface area contributed by atoms with Crippen LogP contribution in [0, 0.1) is 0 Å². The third kappa shape index (κ3) is 7.75. The van der Waals surface area contributed by atoms with Crippen LogP contribution in [0.4, 0.5) is 0 Å². The normalized spacial score (nSPS) is 12.9. The predicted molar refractivity (Wildman–Crippen MR) is 60.5 cm³/mol. The van der Waals surface area contributed by atoms with Gasteiger partial charge in [0.2, 0.25) is 20.0 Å². The van der Waals surface area contributed by atoms with Gasteiger partial charge in [-0.1, -0.05) is 26.2 Å². The number of nitrogens with one attached hydrogen (secondary N) is 1. The molecule has 0 saturated heterocycles. The lowest BCUT2D eigenvalue weighted by Crippen LogP contribution is -2.33. The predicted octanol–water partition coefficient (Wildman–Crippen LogP) is 0.836. The molecule has 5 nitrogen and oxygen atoms in total. The van der Waals surface area contributed by atoms with Gasteiger partial charge in [0.1, 0.15) is 0 Å². The lowest BCUT2D eigenvalue weighted by Gasteiger charge is -2.05. The molecular weight excluding hydrogens is 238 g/mol. The van der Waals surface area contributed by atoms with E-state index < -0.39 is 20.0 Å². The Morgan fingerprint density at radius 3 is 1.93 bits per heavy atom. The van der Waals surface area contributed by atoms with Crippen LogP contribution >= 0.6 is 0 Å². The average Bonchev–Trinajstić information content (AvgIpc) is 2.11. The minimum atomic E-state index is -3.67. The van der Waals surface area contributed by atoms with E-state index in [0.717, 1.165) is 19.3 Å². The van der Waals surface area contributed by atoms with E-state index in [1.54, 1.807) is 4.13 Å². The number of hydrogen-bond donors (Lipinski definition) is 1. The molecule has 0 aliphatic heterocycles. The molecule has 15 heavy (non-hydrogen) atoms. The van der Waals surface area contributed by atoms with Crippen molar-refractivity contribution in [1.29, 1.82) is 0 Å². The van der Waals surface area contributed by atoms with E-state index in [2.05, 4.69) is 0 Å². The van der Waals surface area contributed by atoms with Gasteiger partial charge in [0, 0.05) is 0 Å². The van der Waals surface area contributed by atoms with Gasteiger partial charge in [0.15, 0.2) is 0 Å². The molecule has 0 aromatic rings. The summed E-state index contributed by atoms with van der Waals surface area (Å²) in [5.74, 6) is -0.340. The summed E-state index contributed by atoms with van der Waals surface area (Å²) in [6.45, 7) is 3.42. The lowest BCUT2D eigenvalue weighted by molar-refractivity contribution is 0.573. The van der Waals surface area contributed by atoms with Crippen molar-refractivity contribution in [2.45, 2.75) is 39.5 Å². The summed E-state index contributed by atoms with van der Waals surface area (Å²) in [6, 6.07) is 0. The Bertz CT molecular complexity index is 358. The molecule has 0 aliphatic carbocycles. The first-order valence-corrected chi connectivity index (χ1v) is 8.37. The van der Waals surface area contributed by atoms with Gasteiger partial charge in [-0.25, -0.2) is 16.8 Å². The quantitative estimate of drug-likeness (QED) is 0.653. The number of unbranched alkanes of at least 4 members (excludes halogenated alkanes) is 3. The molecular formula is C8H19NO4S2. The van der Waals surface area contributed by atoms with Gasteiger partial charge >= 0.3 is 0 Å². The maximum absolute atomic E-state index is 11.3. The van der Waals surface area contributed by atoms with Crippen molar-refractivity contribution >= 4 is 20.0 Å². The summed E-state index contributed by atoms with van der Waals surface area (Å²) >= 11 is 0. The van der Waals surface area contributed by atoms with Gasteiger partial charge in [-0.3, -0.25) is 0 Å². The van der Waals surface area contributed by atoms with Crippen LogP contribution in [-0.2, 0) is 20.0 Å². The molecule has 92 valence electrons. The van der Waals surface area contributed by atoms with E-state index in [0.29, 0.717) is 6.42 Å². The molecule has 0 amide bonds. The highest BCUT2D eigenvalue weighted by Crippen LogP contribution is 2.02. The fraction of sp³-hybridized carbons (Fsp3) is 1.00. The van der Waals surface area contributed by atoms with Crippen molar-refractivity contribution in [2.24, 2.45) is 0 Å². The van der Waals surface area contributed by atoms with E-state index >= 15 is 0 Å². The van der Waals surface area contributed by atoms with Gasteiger partial charge in [-0.2, -0.15) is 0 Å². The summed E-state index contributed by atoms with van der Waals surface area (Å²) in [4.78, 5) is 0. The third-order valence-corrected chi connectivity index (χ3v) is 5.52. The topological polar surface area (TPSA) is 80.3 Å². The third-order valence-electron chi connectivity index (χ3n) is 1.90. The summed E-state index contributed by atoms with van der Waals surface area (Å²) in [7, 11) is -7.33. The van der Waals surface area contributed by atoms with Crippen LogP contribution in [0.2, 0.25) is 0 Å². The van der Waals surface area contributed by atoms with Crippen LogP contribution in [-0.4, -0.2) is 28.3 Å². The molecule has 0 aliphatic rings. The highest BCUT2D eigenvalue weighted by Gasteiger charge is 2.17. The second kappa shape index (κ2) is 6.44. The standard InChI is InChI=1S/C8H19NO4S2/c1-3-5-6-7-8-15(12,13)9-14(10,11)4-2/h9H,3-8H2,1-2H3. The first-order chi connectivity index (χ1) is 6.83. The van der Waals surface area contributed by atoms with Crippen molar-refractivity contribution in [3.63, 3.8) is 0 Å². The van der Waals surface area contributed by atoms with Gasteiger partial charge in [-0.05, 0) is 13.3 Å². The fourth-order valence-electron chi connectivity index (χ4n) is 1.01. The van der Waals surface area contributed by atoms with Crippen molar-refractivity contribution in [2.75, 3.05) is 11.5 Å². The largest absolute Gasteiger partial charge is 0.224 e. The molecule has 0 spiro atoms. The molecule has 1 N–H and O–H groups in total. The summed E-state index contributed by atoms with van der Waals surface area (Å²) < 4.78 is 46.3. The molecule has 0 rings (SSSR count). The Morgan fingerprint density at radius 2 is 1.47 bits per heavy atom. The van der Waals surface area contributed by atoms with Crippen LogP contribution < -0.4 is 4.13 Å². The van der Waals surface area contributed by atoms with Gasteiger partial charge in [0.25, 0.3) is 0 Å². The smallest absolute Gasteiger partial charge is 0.211 e. The molecule has 0 heterocycles. The molecule has 0 bridgehead atoms. The Morgan fingerprint density at radius 1 is 0.867 bits per heavy atom. The molecule has 7 heteroatoms. The molecule has 0 atom stereocenters. The molecule has 0 aromatic carbocycles. The van der Waals surface area contributed by atoms with Gasteiger partial charge < -0.3 is 0 Å². The zero-order valence-electron chi connectivity index (χ0n) is 9.19. The van der Waals surface area contributed by atoms with Crippen molar-refractivity contribution in [3.05, 3.63) is 0 Å². The van der Waals surface area contributed by atoms with Crippen molar-refractivity contribution in [1.82, 2.24) is 4.13 Å². The second-order valence-corrected chi connectivity index (χ2v) is 7.48. The highest BCUT2D eigenvalue weighted by molar-refractivity contribution is 8.04. The monoisotopic (exact) mass is 257 g/mol. The summed E-state index contributed by atoms with van der Waals surface area (Å²) in [5.41, 5.74) is 0. The number of sulfonamides is 2. The fourth-order valence-corrected chi connectivity index (χ4v) is 3.95. The van der Waals surface area contributed by atoms with Crippen LogP contribution in [0.3, 0.4) is 0 Å². The van der Waals surface area contributed by atoms with Crippen LogP contribution in [0.1, 0.15) is 39.5 Å².